The van der Waals surface area contributed by atoms with Crippen molar-refractivity contribution in [2.45, 2.75) is 37.1 Å². The van der Waals surface area contributed by atoms with Gasteiger partial charge in [0.25, 0.3) is 0 Å². The molecule has 1 amide bonds. The van der Waals surface area contributed by atoms with Gasteiger partial charge in [-0.2, -0.15) is 0 Å². The van der Waals surface area contributed by atoms with E-state index in [-0.39, 0.29) is 25.7 Å². The predicted molar refractivity (Wildman–Crippen MR) is 101 cm³/mol. The van der Waals surface area contributed by atoms with Crippen LogP contribution >= 0.6 is 0 Å². The number of nitrogens with one attached hydrogen (secondary N) is 1. The first kappa shape index (κ1) is 24.1. The zero-order valence-electron chi connectivity index (χ0n) is 16.8. The number of carbonyl (C=O) groups is 1. The van der Waals surface area contributed by atoms with Crippen molar-refractivity contribution < 1.29 is 43.4 Å². The first-order valence-electron chi connectivity index (χ1n) is 9.66. The molecule has 0 aromatic carbocycles. The Labute approximate surface area is 170 Å². The second-order valence-electron chi connectivity index (χ2n) is 6.86. The molecule has 0 aromatic heterocycles. The molecular weight excluding hydrogens is 388 g/mol. The molecule has 11 heteroatoms. The quantitative estimate of drug-likeness (QED) is 0.205. The topological polar surface area (TPSA) is 137 Å². The predicted octanol–water partition coefficient (Wildman–Crippen LogP) is -1.89. The van der Waals surface area contributed by atoms with Crippen LogP contribution in [0.2, 0.25) is 0 Å². The fraction of sp³-hybridized carbons (Fsp3) is 0.889. The van der Waals surface area contributed by atoms with Crippen LogP contribution in [0.15, 0.2) is 4.99 Å². The van der Waals surface area contributed by atoms with E-state index in [4.69, 9.17) is 28.4 Å². The molecule has 3 N–H and O–H groups in total. The summed E-state index contributed by atoms with van der Waals surface area (Å²) in [5, 5.41) is 23.3. The van der Waals surface area contributed by atoms with Crippen LogP contribution in [0.25, 0.3) is 0 Å². The molecule has 2 saturated heterocycles. The van der Waals surface area contributed by atoms with Crippen LogP contribution in [0, 0.1) is 0 Å². The van der Waals surface area contributed by atoms with E-state index in [0.29, 0.717) is 46.2 Å². The van der Waals surface area contributed by atoms with E-state index in [2.05, 4.69) is 17.0 Å². The van der Waals surface area contributed by atoms with Crippen molar-refractivity contribution >= 4 is 12.6 Å². The minimum Gasteiger partial charge on any atom is -0.388 e. The number of nitrogens with zero attached hydrogens (tertiary/aromatic N) is 1. The highest BCUT2D eigenvalue weighted by Gasteiger charge is 2.59. The standard InChI is InChI=1S/C18H32N2O9/c1-13(21)20-14-15(22)16(23)18(12-28-17(14)29-18)11-27-10-9-26-8-7-25-6-5-24-4-3-19-2/h14-17,22-23H,2-12H2,1H3,(H,20,21)/t14-,15-,16-,17+,18+/m1/s1. The monoisotopic (exact) mass is 420 g/mol. The third-order valence-corrected chi connectivity index (χ3v) is 4.59. The molecule has 11 nitrogen and oxygen atoms in total. The molecule has 2 aliphatic rings. The average Bonchev–Trinajstić information content (AvgIpc) is 3.10. The third-order valence-electron chi connectivity index (χ3n) is 4.59. The van der Waals surface area contributed by atoms with Gasteiger partial charge < -0.3 is 44.0 Å². The van der Waals surface area contributed by atoms with Crippen LogP contribution in [-0.4, -0.2) is 119 Å². The molecule has 2 aliphatic heterocycles. The molecule has 0 aromatic rings. The Hall–Kier alpha value is -1.18. The molecular formula is C18H32N2O9. The van der Waals surface area contributed by atoms with Crippen LogP contribution in [-0.2, 0) is 33.2 Å². The average molecular weight is 420 g/mol. The van der Waals surface area contributed by atoms with Gasteiger partial charge in [0, 0.05) is 6.92 Å². The molecule has 2 rings (SSSR count). The number of ether oxygens (including phenoxy) is 6. The molecule has 0 unspecified atom stereocenters. The van der Waals surface area contributed by atoms with Gasteiger partial charge in [-0.15, -0.1) is 0 Å². The van der Waals surface area contributed by atoms with E-state index in [9.17, 15) is 15.0 Å². The van der Waals surface area contributed by atoms with Crippen molar-refractivity contribution in [3.8, 4) is 0 Å². The van der Waals surface area contributed by atoms with Crippen LogP contribution < -0.4 is 5.32 Å². The molecule has 0 saturated carbocycles. The van der Waals surface area contributed by atoms with E-state index in [1.165, 1.54) is 6.92 Å². The number of aliphatic imine (C=N–C) groups is 1. The lowest BCUT2D eigenvalue weighted by molar-refractivity contribution is -0.238. The van der Waals surface area contributed by atoms with E-state index in [1.54, 1.807) is 0 Å². The van der Waals surface area contributed by atoms with Crippen molar-refractivity contribution in [1.82, 2.24) is 5.32 Å². The van der Waals surface area contributed by atoms with Gasteiger partial charge in [-0.25, -0.2) is 0 Å². The summed E-state index contributed by atoms with van der Waals surface area (Å²) >= 11 is 0. The lowest BCUT2D eigenvalue weighted by Crippen LogP contribution is -2.66. The smallest absolute Gasteiger partial charge is 0.217 e. The van der Waals surface area contributed by atoms with Crippen molar-refractivity contribution in [2.24, 2.45) is 4.99 Å². The number of hydrogen-bond donors (Lipinski definition) is 3. The van der Waals surface area contributed by atoms with Gasteiger partial charge in [0.2, 0.25) is 5.91 Å². The number of aliphatic hydroxyl groups is 2. The maximum Gasteiger partial charge on any atom is 0.217 e. The van der Waals surface area contributed by atoms with E-state index in [1.807, 2.05) is 0 Å². The van der Waals surface area contributed by atoms with Gasteiger partial charge in [-0.3, -0.25) is 9.79 Å². The van der Waals surface area contributed by atoms with Gasteiger partial charge in [0.15, 0.2) is 6.29 Å². The first-order chi connectivity index (χ1) is 14.0. The molecule has 29 heavy (non-hydrogen) atoms. The maximum absolute atomic E-state index is 11.3. The molecule has 0 radical (unpaired) electrons. The van der Waals surface area contributed by atoms with Crippen LogP contribution in [0.1, 0.15) is 6.92 Å². The molecule has 2 heterocycles. The van der Waals surface area contributed by atoms with Crippen LogP contribution in [0.3, 0.4) is 0 Å². The van der Waals surface area contributed by atoms with Crippen LogP contribution in [0.5, 0.6) is 0 Å². The highest BCUT2D eigenvalue weighted by Crippen LogP contribution is 2.37. The lowest BCUT2D eigenvalue weighted by atomic mass is 9.88. The SMILES string of the molecule is C=NCCOCCOCCOCCOC[C@@]12CO[C@@H](O1)[C@H](NC(C)=O)[C@@H](O)[C@H]2O. The minimum absolute atomic E-state index is 0.0330. The second kappa shape index (κ2) is 12.5. The fourth-order valence-corrected chi connectivity index (χ4v) is 3.11. The Balaban J connectivity index is 1.53. The van der Waals surface area contributed by atoms with Crippen molar-refractivity contribution in [3.05, 3.63) is 0 Å². The number of hydrogen-bond acceptors (Lipinski definition) is 10. The Morgan fingerprint density at radius 1 is 1.10 bits per heavy atom. The molecule has 168 valence electrons. The molecule has 5 atom stereocenters. The summed E-state index contributed by atoms with van der Waals surface area (Å²) in [5.41, 5.74) is -1.16. The number of carbonyl (C=O) groups excluding carboxylic acids is 1. The number of fused-ring (bicyclic) bond motifs is 2. The highest BCUT2D eigenvalue weighted by molar-refractivity contribution is 5.73. The lowest BCUT2D eigenvalue weighted by Gasteiger charge is -2.42. The normalized spacial score (nSPS) is 31.0. The Morgan fingerprint density at radius 3 is 2.28 bits per heavy atom. The summed E-state index contributed by atoms with van der Waals surface area (Å²) in [7, 11) is 0. The fourth-order valence-electron chi connectivity index (χ4n) is 3.11. The number of aliphatic hydroxyl groups excluding tert-OH is 2. The summed E-state index contributed by atoms with van der Waals surface area (Å²) in [6.07, 6.45) is -3.29. The van der Waals surface area contributed by atoms with Gasteiger partial charge >= 0.3 is 0 Å². The molecule has 2 fully saturated rings. The third kappa shape index (κ3) is 7.23. The number of amides is 1. The van der Waals surface area contributed by atoms with E-state index < -0.39 is 30.1 Å². The van der Waals surface area contributed by atoms with Gasteiger partial charge in [0.1, 0.15) is 23.9 Å². The Morgan fingerprint density at radius 2 is 1.69 bits per heavy atom. The number of rotatable bonds is 15. The minimum atomic E-state index is -1.25. The first-order valence-corrected chi connectivity index (χ1v) is 9.66. The maximum atomic E-state index is 11.3. The summed E-state index contributed by atoms with van der Waals surface area (Å²) in [4.78, 5) is 14.9. The largest absolute Gasteiger partial charge is 0.388 e. The molecule has 0 aliphatic carbocycles. The second-order valence-corrected chi connectivity index (χ2v) is 6.86. The van der Waals surface area contributed by atoms with Crippen molar-refractivity contribution in [3.63, 3.8) is 0 Å². The van der Waals surface area contributed by atoms with Gasteiger partial charge in [-0.05, 0) is 6.72 Å². The molecule has 2 bridgehead atoms. The Kier molecular flexibility index (Phi) is 10.4. The Bertz CT molecular complexity index is 510. The summed E-state index contributed by atoms with van der Waals surface area (Å²) in [5.74, 6) is -0.345. The zero-order valence-corrected chi connectivity index (χ0v) is 16.8. The summed E-state index contributed by atoms with van der Waals surface area (Å²) < 4.78 is 32.8. The zero-order chi connectivity index (χ0) is 21.1. The molecule has 0 spiro atoms. The summed E-state index contributed by atoms with van der Waals surface area (Å²) in [6.45, 7) is 8.38. The van der Waals surface area contributed by atoms with Crippen molar-refractivity contribution in [2.75, 3.05) is 66.0 Å². The summed E-state index contributed by atoms with van der Waals surface area (Å²) in [6, 6.07) is -0.828. The van der Waals surface area contributed by atoms with Gasteiger partial charge in [-0.1, -0.05) is 0 Å². The van der Waals surface area contributed by atoms with Crippen molar-refractivity contribution in [1.29, 1.82) is 0 Å². The highest BCUT2D eigenvalue weighted by atomic mass is 16.8. The van der Waals surface area contributed by atoms with E-state index in [0.717, 1.165) is 0 Å². The van der Waals surface area contributed by atoms with E-state index >= 15 is 0 Å². The van der Waals surface area contributed by atoms with Crippen LogP contribution in [0.4, 0.5) is 0 Å². The van der Waals surface area contributed by atoms with Gasteiger partial charge in [0.05, 0.1) is 66.0 Å².